The second-order valence-electron chi connectivity index (χ2n) is 4.40. The van der Waals surface area contributed by atoms with Crippen LogP contribution in [0.1, 0.15) is 19.4 Å². The van der Waals surface area contributed by atoms with Crippen molar-refractivity contribution in [2.24, 2.45) is 5.92 Å². The summed E-state index contributed by atoms with van der Waals surface area (Å²) in [6.07, 6.45) is 0.000934. The Morgan fingerprint density at radius 1 is 1.22 bits per heavy atom. The number of rotatable bonds is 6. The second kappa shape index (κ2) is 6.79. The lowest BCUT2D eigenvalue weighted by atomic mass is 10.1. The minimum absolute atomic E-state index is 0.000934. The summed E-state index contributed by atoms with van der Waals surface area (Å²) in [5.41, 5.74) is 0.702. The molecule has 0 radical (unpaired) electrons. The Kier molecular flexibility index (Phi) is 5.36. The number of benzene rings is 1. The maximum Gasteiger partial charge on any atom is 0.374 e. The topological polar surface area (TPSA) is 52.6 Å². The first-order valence-electron chi connectivity index (χ1n) is 5.86. The van der Waals surface area contributed by atoms with Gasteiger partial charge in [0.05, 0.1) is 13.7 Å². The van der Waals surface area contributed by atoms with Crippen LogP contribution in [0.2, 0.25) is 0 Å². The lowest BCUT2D eigenvalue weighted by Crippen LogP contribution is -2.18. The van der Waals surface area contributed by atoms with Crippen molar-refractivity contribution in [3.8, 4) is 5.75 Å². The summed E-state index contributed by atoms with van der Waals surface area (Å²) in [4.78, 5) is 22.6. The second-order valence-corrected chi connectivity index (χ2v) is 4.40. The zero-order chi connectivity index (χ0) is 13.5. The number of esters is 1. The van der Waals surface area contributed by atoms with Gasteiger partial charge in [0.15, 0.2) is 0 Å². The lowest BCUT2D eigenvalue weighted by Gasteiger charge is -2.12. The van der Waals surface area contributed by atoms with Crippen molar-refractivity contribution in [2.45, 2.75) is 20.3 Å². The molecule has 4 heteroatoms. The van der Waals surface area contributed by atoms with E-state index in [0.717, 1.165) is 0 Å². The van der Waals surface area contributed by atoms with Gasteiger partial charge in [0.2, 0.25) is 5.78 Å². The largest absolute Gasteiger partial charge is 0.493 e. The number of carbonyl (C=O) groups excluding carboxylic acids is 2. The van der Waals surface area contributed by atoms with Crippen LogP contribution in [0.15, 0.2) is 24.3 Å². The monoisotopic (exact) mass is 250 g/mol. The van der Waals surface area contributed by atoms with E-state index in [9.17, 15) is 9.59 Å². The minimum atomic E-state index is -0.825. The molecule has 0 N–H and O–H groups in total. The first kappa shape index (κ1) is 14.2. The van der Waals surface area contributed by atoms with Gasteiger partial charge in [-0.05, 0) is 12.0 Å². The Bertz CT molecular complexity index is 424. The Morgan fingerprint density at radius 3 is 2.50 bits per heavy atom. The number of hydrogen-bond donors (Lipinski definition) is 0. The molecule has 0 aromatic heterocycles. The first-order valence-corrected chi connectivity index (χ1v) is 5.86. The molecule has 18 heavy (non-hydrogen) atoms. The molecule has 98 valence electrons. The van der Waals surface area contributed by atoms with Gasteiger partial charge in [-0.15, -0.1) is 0 Å². The SMILES string of the molecule is COC(=O)C(=O)Cc1ccccc1OCC(C)C. The van der Waals surface area contributed by atoms with Gasteiger partial charge in [-0.25, -0.2) is 4.79 Å². The van der Waals surface area contributed by atoms with Crippen LogP contribution >= 0.6 is 0 Å². The van der Waals surface area contributed by atoms with E-state index in [1.54, 1.807) is 12.1 Å². The quantitative estimate of drug-likeness (QED) is 0.572. The summed E-state index contributed by atoms with van der Waals surface area (Å²) in [6.45, 7) is 4.66. The van der Waals surface area contributed by atoms with E-state index in [4.69, 9.17) is 4.74 Å². The molecule has 0 heterocycles. The standard InChI is InChI=1S/C14H18O4/c1-10(2)9-18-13-7-5-4-6-11(13)8-12(15)14(16)17-3/h4-7,10H,8-9H2,1-3H3. The maximum absolute atomic E-state index is 11.5. The van der Waals surface area contributed by atoms with Crippen LogP contribution in [0.3, 0.4) is 0 Å². The lowest BCUT2D eigenvalue weighted by molar-refractivity contribution is -0.151. The highest BCUT2D eigenvalue weighted by Crippen LogP contribution is 2.19. The molecule has 1 rings (SSSR count). The summed E-state index contributed by atoms with van der Waals surface area (Å²) < 4.78 is 10.0. The smallest absolute Gasteiger partial charge is 0.374 e. The molecular weight excluding hydrogens is 232 g/mol. The molecule has 0 saturated carbocycles. The highest BCUT2D eigenvalue weighted by atomic mass is 16.5. The van der Waals surface area contributed by atoms with Crippen LogP contribution in [-0.2, 0) is 20.7 Å². The molecule has 0 spiro atoms. The molecule has 0 aliphatic carbocycles. The Hall–Kier alpha value is -1.84. The van der Waals surface area contributed by atoms with Crippen molar-refractivity contribution in [1.82, 2.24) is 0 Å². The van der Waals surface area contributed by atoms with Gasteiger partial charge >= 0.3 is 5.97 Å². The summed E-state index contributed by atoms with van der Waals surface area (Å²) in [6, 6.07) is 7.21. The molecule has 0 unspecified atom stereocenters. The van der Waals surface area contributed by atoms with Crippen LogP contribution in [0, 0.1) is 5.92 Å². The van der Waals surface area contributed by atoms with Gasteiger partial charge in [-0.1, -0.05) is 32.0 Å². The van der Waals surface area contributed by atoms with Crippen molar-refractivity contribution in [1.29, 1.82) is 0 Å². The van der Waals surface area contributed by atoms with Crippen LogP contribution in [0.25, 0.3) is 0 Å². The number of Topliss-reactive ketones (excluding diaryl/α,β-unsaturated/α-hetero) is 1. The molecular formula is C14H18O4. The number of hydrogen-bond acceptors (Lipinski definition) is 4. The zero-order valence-corrected chi connectivity index (χ0v) is 10.9. The average Bonchev–Trinajstić information content (AvgIpc) is 2.36. The maximum atomic E-state index is 11.5. The van der Waals surface area contributed by atoms with Crippen LogP contribution in [0.5, 0.6) is 5.75 Å². The number of ether oxygens (including phenoxy) is 2. The molecule has 0 aliphatic heterocycles. The molecule has 1 aromatic carbocycles. The molecule has 1 aromatic rings. The number of ketones is 1. The van der Waals surface area contributed by atoms with E-state index in [1.807, 2.05) is 26.0 Å². The highest BCUT2D eigenvalue weighted by molar-refractivity contribution is 6.34. The fourth-order valence-corrected chi connectivity index (χ4v) is 1.41. The van der Waals surface area contributed by atoms with Crippen molar-refractivity contribution in [2.75, 3.05) is 13.7 Å². The fraction of sp³-hybridized carbons (Fsp3) is 0.429. The van der Waals surface area contributed by atoms with Crippen LogP contribution < -0.4 is 4.74 Å². The van der Waals surface area contributed by atoms with E-state index in [2.05, 4.69) is 4.74 Å². The van der Waals surface area contributed by atoms with Crippen LogP contribution in [0.4, 0.5) is 0 Å². The van der Waals surface area contributed by atoms with Gasteiger partial charge in [0.1, 0.15) is 5.75 Å². The number of para-hydroxylation sites is 1. The van der Waals surface area contributed by atoms with Gasteiger partial charge in [-0.2, -0.15) is 0 Å². The van der Waals surface area contributed by atoms with Gasteiger partial charge < -0.3 is 9.47 Å². The molecule has 0 atom stereocenters. The van der Waals surface area contributed by atoms with Crippen LogP contribution in [-0.4, -0.2) is 25.5 Å². The van der Waals surface area contributed by atoms with Crippen molar-refractivity contribution in [3.63, 3.8) is 0 Å². The average molecular weight is 250 g/mol. The molecule has 0 amide bonds. The summed E-state index contributed by atoms with van der Waals surface area (Å²) in [7, 11) is 1.20. The van der Waals surface area contributed by atoms with E-state index < -0.39 is 11.8 Å². The Labute approximate surface area is 107 Å². The van der Waals surface area contributed by atoms with Gasteiger partial charge in [0.25, 0.3) is 0 Å². The van der Waals surface area contributed by atoms with Crippen molar-refractivity contribution >= 4 is 11.8 Å². The molecule has 0 fully saturated rings. The zero-order valence-electron chi connectivity index (χ0n) is 10.9. The highest BCUT2D eigenvalue weighted by Gasteiger charge is 2.16. The molecule has 4 nitrogen and oxygen atoms in total. The van der Waals surface area contributed by atoms with E-state index in [1.165, 1.54) is 7.11 Å². The third-order valence-corrected chi connectivity index (χ3v) is 2.31. The number of carbonyl (C=O) groups is 2. The first-order chi connectivity index (χ1) is 8.54. The van der Waals surface area contributed by atoms with Crippen molar-refractivity contribution < 1.29 is 19.1 Å². The molecule has 0 aliphatic rings. The summed E-state index contributed by atoms with van der Waals surface area (Å²) in [5, 5.41) is 0. The van der Waals surface area contributed by atoms with Gasteiger partial charge in [0, 0.05) is 12.0 Å². The predicted molar refractivity (Wildman–Crippen MR) is 67.5 cm³/mol. The van der Waals surface area contributed by atoms with Crippen molar-refractivity contribution in [3.05, 3.63) is 29.8 Å². The molecule has 0 bridgehead atoms. The van der Waals surface area contributed by atoms with E-state index in [0.29, 0.717) is 23.8 Å². The predicted octanol–water partition coefficient (Wildman–Crippen LogP) is 2.01. The third-order valence-electron chi connectivity index (χ3n) is 2.31. The normalized spacial score (nSPS) is 10.2. The summed E-state index contributed by atoms with van der Waals surface area (Å²) >= 11 is 0. The number of methoxy groups -OCH3 is 1. The van der Waals surface area contributed by atoms with Gasteiger partial charge in [-0.3, -0.25) is 4.79 Å². The minimum Gasteiger partial charge on any atom is -0.493 e. The fourth-order valence-electron chi connectivity index (χ4n) is 1.41. The Balaban J connectivity index is 2.75. The molecule has 0 saturated heterocycles. The van der Waals surface area contributed by atoms with E-state index >= 15 is 0 Å². The van der Waals surface area contributed by atoms with E-state index in [-0.39, 0.29) is 6.42 Å². The third kappa shape index (κ3) is 4.20. The Morgan fingerprint density at radius 2 is 1.89 bits per heavy atom. The summed E-state index contributed by atoms with van der Waals surface area (Å²) in [5.74, 6) is -0.357.